The quantitative estimate of drug-likeness (QED) is 0.772. The zero-order valence-electron chi connectivity index (χ0n) is 14.1. The summed E-state index contributed by atoms with van der Waals surface area (Å²) in [6.45, 7) is 3.95. The van der Waals surface area contributed by atoms with Crippen molar-refractivity contribution in [2.75, 3.05) is 38.2 Å². The Labute approximate surface area is 147 Å². The minimum Gasteiger partial charge on any atom is -0.352 e. The fraction of sp³-hybridized carbons (Fsp3) is 0.529. The van der Waals surface area contributed by atoms with Gasteiger partial charge in [0.2, 0.25) is 5.91 Å². The van der Waals surface area contributed by atoms with E-state index in [-0.39, 0.29) is 5.91 Å². The van der Waals surface area contributed by atoms with Gasteiger partial charge in [0.1, 0.15) is 6.04 Å². The third-order valence-corrected chi connectivity index (χ3v) is 4.80. The van der Waals surface area contributed by atoms with Crippen molar-refractivity contribution < 1.29 is 9.59 Å². The fourth-order valence-corrected chi connectivity index (χ4v) is 3.32. The summed E-state index contributed by atoms with van der Waals surface area (Å²) in [4.78, 5) is 28.0. The summed E-state index contributed by atoms with van der Waals surface area (Å²) < 4.78 is 0. The van der Waals surface area contributed by atoms with Gasteiger partial charge in [-0.3, -0.25) is 9.69 Å². The molecule has 0 aliphatic carbocycles. The molecule has 1 unspecified atom stereocenters. The molecule has 1 aliphatic rings. The van der Waals surface area contributed by atoms with E-state index in [2.05, 4.69) is 22.3 Å². The van der Waals surface area contributed by atoms with Crippen LogP contribution < -0.4 is 11.1 Å². The number of urea groups is 1. The van der Waals surface area contributed by atoms with Crippen LogP contribution in [0.25, 0.3) is 0 Å². The molecule has 1 aromatic rings. The highest BCUT2D eigenvalue weighted by Gasteiger charge is 2.27. The number of amides is 3. The van der Waals surface area contributed by atoms with Gasteiger partial charge >= 0.3 is 6.03 Å². The van der Waals surface area contributed by atoms with Gasteiger partial charge < -0.3 is 16.0 Å². The molecule has 1 saturated heterocycles. The smallest absolute Gasteiger partial charge is 0.312 e. The lowest BCUT2D eigenvalue weighted by Gasteiger charge is -2.36. The normalized spacial score (nSPS) is 16.6. The lowest BCUT2D eigenvalue weighted by Crippen LogP contribution is -2.55. The highest BCUT2D eigenvalue weighted by Crippen LogP contribution is 2.11. The summed E-state index contributed by atoms with van der Waals surface area (Å²) >= 11 is 1.65. The third kappa shape index (κ3) is 5.72. The monoisotopic (exact) mass is 350 g/mol. The molecule has 6 nitrogen and oxygen atoms in total. The zero-order chi connectivity index (χ0) is 17.4. The Morgan fingerprint density at radius 3 is 2.46 bits per heavy atom. The van der Waals surface area contributed by atoms with E-state index < -0.39 is 12.1 Å². The van der Waals surface area contributed by atoms with Gasteiger partial charge in [-0.05, 0) is 24.0 Å². The maximum atomic E-state index is 12.6. The van der Waals surface area contributed by atoms with Gasteiger partial charge in [-0.25, -0.2) is 4.79 Å². The number of rotatable bonds is 7. The highest BCUT2D eigenvalue weighted by atomic mass is 32.2. The Balaban J connectivity index is 1.85. The Kier molecular flexibility index (Phi) is 7.39. The van der Waals surface area contributed by atoms with E-state index in [0.717, 1.165) is 25.4 Å². The maximum Gasteiger partial charge on any atom is 0.312 e. The zero-order valence-corrected chi connectivity index (χ0v) is 14.9. The minimum atomic E-state index is -0.642. The average Bonchev–Trinajstić information content (AvgIpc) is 2.59. The van der Waals surface area contributed by atoms with E-state index in [9.17, 15) is 9.59 Å². The molecule has 3 amide bonds. The molecule has 1 heterocycles. The maximum absolute atomic E-state index is 12.6. The van der Waals surface area contributed by atoms with Crippen LogP contribution in [0.2, 0.25) is 0 Å². The molecule has 0 saturated carbocycles. The second-order valence-corrected chi connectivity index (χ2v) is 6.92. The summed E-state index contributed by atoms with van der Waals surface area (Å²) in [5, 5.41) is 2.58. The number of benzene rings is 1. The van der Waals surface area contributed by atoms with E-state index in [1.165, 1.54) is 5.56 Å². The van der Waals surface area contributed by atoms with Gasteiger partial charge in [-0.15, -0.1) is 0 Å². The third-order valence-electron chi connectivity index (χ3n) is 4.16. The summed E-state index contributed by atoms with van der Waals surface area (Å²) in [7, 11) is 0. The van der Waals surface area contributed by atoms with Crippen molar-refractivity contribution in [1.29, 1.82) is 0 Å². The van der Waals surface area contributed by atoms with Crippen molar-refractivity contribution in [3.05, 3.63) is 35.9 Å². The molecular weight excluding hydrogens is 324 g/mol. The number of nitrogens with zero attached hydrogens (tertiary/aromatic N) is 2. The molecule has 0 spiro atoms. The van der Waals surface area contributed by atoms with Crippen molar-refractivity contribution >= 4 is 23.7 Å². The summed E-state index contributed by atoms with van der Waals surface area (Å²) in [5.41, 5.74) is 6.49. The van der Waals surface area contributed by atoms with E-state index in [0.29, 0.717) is 19.5 Å². The molecule has 24 heavy (non-hydrogen) atoms. The number of carbonyl (C=O) groups is 2. The molecule has 132 valence electrons. The van der Waals surface area contributed by atoms with Gasteiger partial charge in [-0.1, -0.05) is 30.3 Å². The van der Waals surface area contributed by atoms with Gasteiger partial charge in [0.25, 0.3) is 0 Å². The van der Waals surface area contributed by atoms with Crippen LogP contribution >= 0.6 is 11.8 Å². The fourth-order valence-electron chi connectivity index (χ4n) is 2.85. The van der Waals surface area contributed by atoms with Gasteiger partial charge in [0, 0.05) is 32.7 Å². The number of carbonyl (C=O) groups excluding carboxylic acids is 2. The first-order valence-corrected chi connectivity index (χ1v) is 9.59. The summed E-state index contributed by atoms with van der Waals surface area (Å²) in [6, 6.07) is 9.18. The number of nitrogens with two attached hydrogens (primary N) is 1. The van der Waals surface area contributed by atoms with Crippen LogP contribution in [0.5, 0.6) is 0 Å². The molecule has 2 rings (SSSR count). The Morgan fingerprint density at radius 2 is 1.88 bits per heavy atom. The predicted molar refractivity (Wildman–Crippen MR) is 97.8 cm³/mol. The topological polar surface area (TPSA) is 78.7 Å². The molecule has 1 aromatic carbocycles. The standard InChI is InChI=1S/C17H26N4O2S/c1-24-12-7-15(19-17(18)23)16(22)21-10-8-20(9-11-21)13-14-5-3-2-4-6-14/h2-6,15H,7-13H2,1H3,(H3,18,19,23). The second-order valence-electron chi connectivity index (χ2n) is 5.93. The molecule has 1 atom stereocenters. The number of piperazine rings is 1. The van der Waals surface area contributed by atoms with Crippen LogP contribution in [-0.2, 0) is 11.3 Å². The van der Waals surface area contributed by atoms with Gasteiger partial charge in [0.15, 0.2) is 0 Å². The van der Waals surface area contributed by atoms with Crippen LogP contribution in [0.4, 0.5) is 4.79 Å². The lowest BCUT2D eigenvalue weighted by molar-refractivity contribution is -0.135. The number of hydrogen-bond donors (Lipinski definition) is 2. The highest BCUT2D eigenvalue weighted by molar-refractivity contribution is 7.98. The Hall–Kier alpha value is -1.73. The first-order valence-electron chi connectivity index (χ1n) is 8.20. The number of nitrogens with one attached hydrogen (secondary N) is 1. The van der Waals surface area contributed by atoms with Crippen molar-refractivity contribution in [2.45, 2.75) is 19.0 Å². The Bertz CT molecular complexity index is 533. The van der Waals surface area contributed by atoms with Crippen LogP contribution in [0, 0.1) is 0 Å². The van der Waals surface area contributed by atoms with Crippen molar-refractivity contribution in [3.63, 3.8) is 0 Å². The summed E-state index contributed by atoms with van der Waals surface area (Å²) in [6.07, 6.45) is 2.58. The number of primary amides is 1. The van der Waals surface area contributed by atoms with E-state index in [1.807, 2.05) is 29.4 Å². The first-order chi connectivity index (χ1) is 11.6. The van der Waals surface area contributed by atoms with Crippen LogP contribution in [0.15, 0.2) is 30.3 Å². The van der Waals surface area contributed by atoms with Crippen LogP contribution in [0.3, 0.4) is 0 Å². The molecular formula is C17H26N4O2S. The van der Waals surface area contributed by atoms with E-state index in [1.54, 1.807) is 11.8 Å². The van der Waals surface area contributed by atoms with Crippen molar-refractivity contribution in [1.82, 2.24) is 15.1 Å². The first kappa shape index (κ1) is 18.6. The molecule has 7 heteroatoms. The molecule has 1 fully saturated rings. The molecule has 0 aromatic heterocycles. The average molecular weight is 350 g/mol. The number of thioether (sulfide) groups is 1. The van der Waals surface area contributed by atoms with Crippen molar-refractivity contribution in [3.8, 4) is 0 Å². The molecule has 0 bridgehead atoms. The number of hydrogen-bond acceptors (Lipinski definition) is 4. The second kappa shape index (κ2) is 9.54. The molecule has 3 N–H and O–H groups in total. The van der Waals surface area contributed by atoms with Crippen LogP contribution in [-0.4, -0.2) is 66.0 Å². The molecule has 0 radical (unpaired) electrons. The largest absolute Gasteiger partial charge is 0.352 e. The Morgan fingerprint density at radius 1 is 1.21 bits per heavy atom. The minimum absolute atomic E-state index is 0.0257. The lowest BCUT2D eigenvalue weighted by atomic mass is 10.1. The van der Waals surface area contributed by atoms with Crippen LogP contribution in [0.1, 0.15) is 12.0 Å². The summed E-state index contributed by atoms with van der Waals surface area (Å²) in [5.74, 6) is 0.784. The van der Waals surface area contributed by atoms with Gasteiger partial charge in [-0.2, -0.15) is 11.8 Å². The van der Waals surface area contributed by atoms with E-state index >= 15 is 0 Å². The molecule has 1 aliphatic heterocycles. The van der Waals surface area contributed by atoms with E-state index in [4.69, 9.17) is 5.73 Å². The van der Waals surface area contributed by atoms with Gasteiger partial charge in [0.05, 0.1) is 0 Å². The predicted octanol–water partition coefficient (Wildman–Crippen LogP) is 1.12. The van der Waals surface area contributed by atoms with Crippen molar-refractivity contribution in [2.24, 2.45) is 5.73 Å². The SMILES string of the molecule is CSCCC(NC(N)=O)C(=O)N1CCN(Cc2ccccc2)CC1.